The average molecular weight is 420 g/mol. The minimum atomic E-state index is -0.695. The van der Waals surface area contributed by atoms with E-state index in [0.29, 0.717) is 24.6 Å². The summed E-state index contributed by atoms with van der Waals surface area (Å²) in [6.07, 6.45) is 8.43. The van der Waals surface area contributed by atoms with Gasteiger partial charge in [0.05, 0.1) is 11.7 Å². The molecule has 2 saturated carbocycles. The van der Waals surface area contributed by atoms with Gasteiger partial charge < -0.3 is 15.5 Å². The summed E-state index contributed by atoms with van der Waals surface area (Å²) < 4.78 is 13.2. The third kappa shape index (κ3) is 3.69. The van der Waals surface area contributed by atoms with Crippen molar-refractivity contribution in [3.8, 4) is 11.4 Å². The molecule has 3 aliphatic rings. The van der Waals surface area contributed by atoms with Gasteiger partial charge in [-0.15, -0.1) is 0 Å². The van der Waals surface area contributed by atoms with Crippen LogP contribution < -0.4 is 15.5 Å². The first-order chi connectivity index (χ1) is 15.2. The van der Waals surface area contributed by atoms with Gasteiger partial charge in [-0.1, -0.05) is 0 Å². The van der Waals surface area contributed by atoms with Gasteiger partial charge in [0, 0.05) is 55.6 Å². The van der Waals surface area contributed by atoms with Gasteiger partial charge in [-0.05, 0) is 49.3 Å². The predicted octanol–water partition coefficient (Wildman–Crippen LogP) is 3.29. The second-order valence-corrected chi connectivity index (χ2v) is 8.84. The van der Waals surface area contributed by atoms with Crippen LogP contribution in [-0.2, 0) is 0 Å². The Bertz CT molecular complexity index is 1100. The van der Waals surface area contributed by atoms with Gasteiger partial charge in [-0.2, -0.15) is 0 Å². The van der Waals surface area contributed by atoms with Crippen molar-refractivity contribution in [1.82, 2.24) is 25.3 Å². The Labute approximate surface area is 180 Å². The summed E-state index contributed by atoms with van der Waals surface area (Å²) in [5.41, 5.74) is 3.08. The van der Waals surface area contributed by atoms with Crippen molar-refractivity contribution in [3.05, 3.63) is 36.3 Å². The predicted molar refractivity (Wildman–Crippen MR) is 119 cm³/mol. The molecular weight excluding hydrogens is 393 g/mol. The van der Waals surface area contributed by atoms with Crippen molar-refractivity contribution in [2.24, 2.45) is 0 Å². The van der Waals surface area contributed by atoms with Crippen LogP contribution >= 0.6 is 0 Å². The molecule has 0 bridgehead atoms. The summed E-state index contributed by atoms with van der Waals surface area (Å²) in [6, 6.07) is 4.05. The molecule has 6 rings (SSSR count). The average Bonchev–Trinajstić information content (AvgIpc) is 3.63. The van der Waals surface area contributed by atoms with E-state index < -0.39 is 6.17 Å². The highest BCUT2D eigenvalue weighted by molar-refractivity contribution is 5.94. The fraction of sp³-hybridized carbons (Fsp3) is 0.478. The Hall–Kier alpha value is -2.87. The molecule has 3 aromatic rings. The normalized spacial score (nSPS) is 23.6. The van der Waals surface area contributed by atoms with Crippen molar-refractivity contribution in [3.63, 3.8) is 0 Å². The summed E-state index contributed by atoms with van der Waals surface area (Å²) in [6.45, 7) is 3.75. The minimum Gasteiger partial charge on any atom is -0.367 e. The third-order valence-corrected chi connectivity index (χ3v) is 6.50. The van der Waals surface area contributed by atoms with E-state index in [0.717, 1.165) is 54.3 Å². The number of nitrogens with one attached hydrogen (secondary N) is 2. The van der Waals surface area contributed by atoms with E-state index in [1.54, 1.807) is 6.20 Å². The standard InChI is InChI=1S/C23H26FN7/c24-16-10-17(11-16)28-20-9-15(3-4-27-20)22-29-19-13-26-12-18(14-1-2-14)21(19)23(30-22)31-7-5-25-6-8-31/h3-4,9,12-14,16-17,25H,1-2,5-8,10-11H2,(H,27,28)/t16-,17+. The Balaban J connectivity index is 1.42. The van der Waals surface area contributed by atoms with E-state index in [-0.39, 0.29) is 6.04 Å². The zero-order valence-corrected chi connectivity index (χ0v) is 17.4. The molecule has 0 spiro atoms. The highest BCUT2D eigenvalue weighted by Crippen LogP contribution is 2.44. The van der Waals surface area contributed by atoms with Crippen LogP contribution in [0.5, 0.6) is 0 Å². The van der Waals surface area contributed by atoms with Crippen molar-refractivity contribution < 1.29 is 4.39 Å². The first-order valence-electron chi connectivity index (χ1n) is 11.2. The van der Waals surface area contributed by atoms with Gasteiger partial charge in [0.25, 0.3) is 0 Å². The number of pyridine rings is 2. The van der Waals surface area contributed by atoms with E-state index in [9.17, 15) is 4.39 Å². The fourth-order valence-corrected chi connectivity index (χ4v) is 4.55. The Morgan fingerprint density at radius 3 is 2.71 bits per heavy atom. The first-order valence-corrected chi connectivity index (χ1v) is 11.2. The van der Waals surface area contributed by atoms with Crippen LogP contribution in [0.15, 0.2) is 30.7 Å². The molecule has 3 aromatic heterocycles. The maximum Gasteiger partial charge on any atom is 0.162 e. The van der Waals surface area contributed by atoms with Gasteiger partial charge in [-0.3, -0.25) is 4.98 Å². The summed E-state index contributed by atoms with van der Waals surface area (Å²) in [4.78, 5) is 21.3. The molecule has 3 fully saturated rings. The lowest BCUT2D eigenvalue weighted by atomic mass is 9.91. The first kappa shape index (κ1) is 18.9. The number of hydrogen-bond acceptors (Lipinski definition) is 7. The number of halogens is 1. The highest BCUT2D eigenvalue weighted by atomic mass is 19.1. The number of rotatable bonds is 5. The molecule has 2 aliphatic carbocycles. The molecule has 0 atom stereocenters. The summed E-state index contributed by atoms with van der Waals surface area (Å²) >= 11 is 0. The second kappa shape index (κ2) is 7.67. The van der Waals surface area contributed by atoms with E-state index in [1.165, 1.54) is 18.4 Å². The van der Waals surface area contributed by atoms with Crippen LogP contribution in [0.1, 0.15) is 37.2 Å². The highest BCUT2D eigenvalue weighted by Gasteiger charge is 2.30. The van der Waals surface area contributed by atoms with Crippen LogP contribution in [0.2, 0.25) is 0 Å². The number of hydrogen-bond donors (Lipinski definition) is 2. The van der Waals surface area contributed by atoms with Gasteiger partial charge in [0.1, 0.15) is 17.8 Å². The van der Waals surface area contributed by atoms with Crippen LogP contribution in [0, 0.1) is 0 Å². The lowest BCUT2D eigenvalue weighted by molar-refractivity contribution is 0.192. The number of alkyl halides is 1. The van der Waals surface area contributed by atoms with Crippen molar-refractivity contribution in [2.45, 2.75) is 43.8 Å². The van der Waals surface area contributed by atoms with Crippen molar-refractivity contribution in [2.75, 3.05) is 36.4 Å². The summed E-state index contributed by atoms with van der Waals surface area (Å²) in [5, 5.41) is 7.91. The second-order valence-electron chi connectivity index (χ2n) is 8.84. The molecular formula is C23H26FN7. The summed E-state index contributed by atoms with van der Waals surface area (Å²) in [7, 11) is 0. The monoisotopic (exact) mass is 419 g/mol. The molecule has 160 valence electrons. The number of anilines is 2. The van der Waals surface area contributed by atoms with Crippen LogP contribution in [0.3, 0.4) is 0 Å². The van der Waals surface area contributed by atoms with Gasteiger partial charge in [0.15, 0.2) is 5.82 Å². The topological polar surface area (TPSA) is 78.9 Å². The van der Waals surface area contributed by atoms with Gasteiger partial charge in [-0.25, -0.2) is 19.3 Å². The lowest BCUT2D eigenvalue weighted by Gasteiger charge is -2.31. The van der Waals surface area contributed by atoms with Crippen LogP contribution in [0.25, 0.3) is 22.3 Å². The zero-order chi connectivity index (χ0) is 20.8. The largest absolute Gasteiger partial charge is 0.367 e. The molecule has 4 heterocycles. The lowest BCUT2D eigenvalue weighted by Crippen LogP contribution is -2.44. The fourth-order valence-electron chi connectivity index (χ4n) is 4.55. The smallest absolute Gasteiger partial charge is 0.162 e. The summed E-state index contributed by atoms with van der Waals surface area (Å²) in [5.74, 6) is 3.01. The van der Waals surface area contributed by atoms with Crippen LogP contribution in [-0.4, -0.2) is 58.3 Å². The van der Waals surface area contributed by atoms with E-state index in [1.807, 2.05) is 24.5 Å². The molecule has 1 saturated heterocycles. The number of nitrogens with zero attached hydrogens (tertiary/aromatic N) is 5. The maximum absolute atomic E-state index is 13.2. The Morgan fingerprint density at radius 2 is 1.94 bits per heavy atom. The van der Waals surface area contributed by atoms with E-state index in [4.69, 9.17) is 9.97 Å². The third-order valence-electron chi connectivity index (χ3n) is 6.50. The van der Waals surface area contributed by atoms with E-state index >= 15 is 0 Å². The molecule has 2 N–H and O–H groups in total. The van der Waals surface area contributed by atoms with E-state index in [2.05, 4.69) is 25.5 Å². The molecule has 0 amide bonds. The number of fused-ring (bicyclic) bond motifs is 1. The van der Waals surface area contributed by atoms with Gasteiger partial charge >= 0.3 is 0 Å². The zero-order valence-electron chi connectivity index (χ0n) is 17.4. The molecule has 31 heavy (non-hydrogen) atoms. The van der Waals surface area contributed by atoms with Gasteiger partial charge in [0.2, 0.25) is 0 Å². The number of aromatic nitrogens is 4. The molecule has 0 unspecified atom stereocenters. The maximum atomic E-state index is 13.2. The quantitative estimate of drug-likeness (QED) is 0.657. The van der Waals surface area contributed by atoms with Crippen molar-refractivity contribution >= 4 is 22.5 Å². The molecule has 0 aromatic carbocycles. The molecule has 8 heteroatoms. The molecule has 0 radical (unpaired) electrons. The Kier molecular flexibility index (Phi) is 4.67. The molecule has 1 aliphatic heterocycles. The molecule has 7 nitrogen and oxygen atoms in total. The van der Waals surface area contributed by atoms with Crippen LogP contribution in [0.4, 0.5) is 16.0 Å². The number of piperazine rings is 1. The Morgan fingerprint density at radius 1 is 1.10 bits per heavy atom. The minimum absolute atomic E-state index is 0.150. The SMILES string of the molecule is F[C@H]1C[C@@H](Nc2cc(-c3nc(N4CCNCC4)c4c(C5CC5)cncc4n3)ccn2)C1. The van der Waals surface area contributed by atoms with Crippen molar-refractivity contribution in [1.29, 1.82) is 0 Å².